The Bertz CT molecular complexity index is 668. The summed E-state index contributed by atoms with van der Waals surface area (Å²) in [5, 5.41) is 8.39. The Morgan fingerprint density at radius 1 is 1.35 bits per heavy atom. The third-order valence-corrected chi connectivity index (χ3v) is 4.11. The molecule has 2 heterocycles. The predicted molar refractivity (Wildman–Crippen MR) is 86.0 cm³/mol. The van der Waals surface area contributed by atoms with Gasteiger partial charge in [0.05, 0.1) is 6.54 Å². The van der Waals surface area contributed by atoms with E-state index in [0.29, 0.717) is 18.7 Å². The molecule has 0 N–H and O–H groups in total. The van der Waals surface area contributed by atoms with Gasteiger partial charge in [0, 0.05) is 20.0 Å². The summed E-state index contributed by atoms with van der Waals surface area (Å²) in [6.45, 7) is 3.35. The molecule has 0 spiro atoms. The Hall–Kier alpha value is -2.37. The summed E-state index contributed by atoms with van der Waals surface area (Å²) in [5.41, 5.74) is 0. The fourth-order valence-corrected chi connectivity index (χ4v) is 2.84. The highest BCUT2D eigenvalue weighted by molar-refractivity contribution is 5.80. The molecule has 0 bridgehead atoms. The van der Waals surface area contributed by atoms with Crippen LogP contribution in [-0.4, -0.2) is 38.7 Å². The van der Waals surface area contributed by atoms with Gasteiger partial charge in [0.15, 0.2) is 11.9 Å². The molecule has 6 heteroatoms. The van der Waals surface area contributed by atoms with Crippen LogP contribution in [-0.2, 0) is 24.3 Å². The Kier molecular flexibility index (Phi) is 4.60. The van der Waals surface area contributed by atoms with Crippen LogP contribution in [0, 0.1) is 0 Å². The molecule has 1 aliphatic heterocycles. The lowest BCUT2D eigenvalue weighted by Crippen LogP contribution is -2.39. The highest BCUT2D eigenvalue weighted by Crippen LogP contribution is 2.17. The first-order valence-electron chi connectivity index (χ1n) is 8.06. The van der Waals surface area contributed by atoms with E-state index < -0.39 is 6.10 Å². The zero-order valence-electron chi connectivity index (χ0n) is 13.6. The van der Waals surface area contributed by atoms with E-state index in [2.05, 4.69) is 14.8 Å². The second-order valence-electron chi connectivity index (χ2n) is 5.81. The molecule has 3 rings (SSSR count). The number of fused-ring (bicyclic) bond motifs is 1. The van der Waals surface area contributed by atoms with Crippen LogP contribution in [0.4, 0.5) is 0 Å². The summed E-state index contributed by atoms with van der Waals surface area (Å²) in [7, 11) is 1.79. The maximum absolute atomic E-state index is 12.6. The number of likely N-dealkylation sites (N-methyl/N-ethyl adjacent to an activating group) is 1. The van der Waals surface area contributed by atoms with Crippen molar-refractivity contribution in [2.24, 2.45) is 0 Å². The van der Waals surface area contributed by atoms with Crippen LogP contribution in [0.1, 0.15) is 31.4 Å². The molecule has 0 saturated heterocycles. The Morgan fingerprint density at radius 3 is 2.87 bits per heavy atom. The summed E-state index contributed by atoms with van der Waals surface area (Å²) < 4.78 is 7.94. The van der Waals surface area contributed by atoms with Gasteiger partial charge >= 0.3 is 0 Å². The standard InChI is InChI=1S/C17H22N4O2/c1-3-14(23-13-8-5-4-6-9-13)17(22)20(2)12-16-19-18-15-10-7-11-21(15)16/h4-6,8-9,14H,3,7,10-12H2,1-2H3. The quantitative estimate of drug-likeness (QED) is 0.818. The molecule has 122 valence electrons. The lowest BCUT2D eigenvalue weighted by atomic mass is 10.2. The Morgan fingerprint density at radius 2 is 2.13 bits per heavy atom. The molecule has 0 aliphatic carbocycles. The first-order chi connectivity index (χ1) is 11.2. The van der Waals surface area contributed by atoms with Crippen LogP contribution in [0.5, 0.6) is 5.75 Å². The lowest BCUT2D eigenvalue weighted by molar-refractivity contribution is -0.138. The summed E-state index contributed by atoms with van der Waals surface area (Å²) in [6.07, 6.45) is 2.21. The SMILES string of the molecule is CCC(Oc1ccccc1)C(=O)N(C)Cc1nnc2n1CCC2. The highest BCUT2D eigenvalue weighted by Gasteiger charge is 2.25. The van der Waals surface area contributed by atoms with Crippen LogP contribution in [0.15, 0.2) is 30.3 Å². The van der Waals surface area contributed by atoms with Gasteiger partial charge in [-0.15, -0.1) is 10.2 Å². The minimum absolute atomic E-state index is 0.0355. The molecule has 0 radical (unpaired) electrons. The average molecular weight is 314 g/mol. The number of hydrogen-bond acceptors (Lipinski definition) is 4. The first kappa shape index (κ1) is 15.5. The van der Waals surface area contributed by atoms with Crippen molar-refractivity contribution < 1.29 is 9.53 Å². The van der Waals surface area contributed by atoms with Gasteiger partial charge < -0.3 is 14.2 Å². The van der Waals surface area contributed by atoms with Crippen LogP contribution < -0.4 is 4.74 Å². The number of benzene rings is 1. The van der Waals surface area contributed by atoms with Gasteiger partial charge in [0.1, 0.15) is 11.6 Å². The molecule has 0 fully saturated rings. The third-order valence-electron chi connectivity index (χ3n) is 4.11. The molecule has 1 unspecified atom stereocenters. The number of aromatic nitrogens is 3. The number of hydrogen-bond donors (Lipinski definition) is 0. The summed E-state index contributed by atoms with van der Waals surface area (Å²) in [6, 6.07) is 9.45. The molecule has 23 heavy (non-hydrogen) atoms. The largest absolute Gasteiger partial charge is 0.481 e. The minimum Gasteiger partial charge on any atom is -0.481 e. The molecular formula is C17H22N4O2. The van der Waals surface area contributed by atoms with Crippen molar-refractivity contribution in [1.29, 1.82) is 0 Å². The summed E-state index contributed by atoms with van der Waals surface area (Å²) in [4.78, 5) is 14.3. The van der Waals surface area contributed by atoms with E-state index >= 15 is 0 Å². The molecule has 1 aromatic heterocycles. The van der Waals surface area contributed by atoms with Gasteiger partial charge in [-0.25, -0.2) is 0 Å². The van der Waals surface area contributed by atoms with E-state index in [1.807, 2.05) is 37.3 Å². The van der Waals surface area contributed by atoms with Crippen LogP contribution in [0.2, 0.25) is 0 Å². The predicted octanol–water partition coefficient (Wildman–Crippen LogP) is 2.04. The Balaban J connectivity index is 1.65. The van der Waals surface area contributed by atoms with Gasteiger partial charge in [0.25, 0.3) is 5.91 Å². The fraction of sp³-hybridized carbons (Fsp3) is 0.471. The van der Waals surface area contributed by atoms with E-state index in [4.69, 9.17) is 4.74 Å². The molecule has 1 aromatic carbocycles. The van der Waals surface area contributed by atoms with Crippen LogP contribution in [0.3, 0.4) is 0 Å². The number of carbonyl (C=O) groups is 1. The molecule has 1 amide bonds. The van der Waals surface area contributed by atoms with Crippen LogP contribution >= 0.6 is 0 Å². The fourth-order valence-electron chi connectivity index (χ4n) is 2.84. The smallest absolute Gasteiger partial charge is 0.263 e. The van der Waals surface area contributed by atoms with E-state index in [1.54, 1.807) is 11.9 Å². The molecule has 1 atom stereocenters. The van der Waals surface area contributed by atoms with Gasteiger partial charge in [-0.3, -0.25) is 4.79 Å². The topological polar surface area (TPSA) is 60.2 Å². The summed E-state index contributed by atoms with van der Waals surface area (Å²) >= 11 is 0. The van der Waals surface area contributed by atoms with Gasteiger partial charge in [-0.05, 0) is 25.0 Å². The zero-order valence-corrected chi connectivity index (χ0v) is 13.6. The Labute approximate surface area is 136 Å². The van der Waals surface area contributed by atoms with Crippen molar-refractivity contribution in [2.45, 2.75) is 45.4 Å². The maximum atomic E-state index is 12.6. The first-order valence-corrected chi connectivity index (χ1v) is 8.06. The number of rotatable bonds is 6. The maximum Gasteiger partial charge on any atom is 0.263 e. The summed E-state index contributed by atoms with van der Waals surface area (Å²) in [5.74, 6) is 2.55. The van der Waals surface area contributed by atoms with Gasteiger partial charge in [0.2, 0.25) is 0 Å². The van der Waals surface area contributed by atoms with E-state index in [0.717, 1.165) is 31.0 Å². The molecule has 2 aromatic rings. The van der Waals surface area contributed by atoms with Crippen molar-refractivity contribution in [1.82, 2.24) is 19.7 Å². The molecule has 0 saturated carbocycles. The number of aryl methyl sites for hydroxylation is 1. The van der Waals surface area contributed by atoms with Crippen LogP contribution in [0.25, 0.3) is 0 Å². The van der Waals surface area contributed by atoms with E-state index in [-0.39, 0.29) is 5.91 Å². The average Bonchev–Trinajstić information content (AvgIpc) is 3.18. The second-order valence-corrected chi connectivity index (χ2v) is 5.81. The number of nitrogens with zero attached hydrogens (tertiary/aromatic N) is 4. The zero-order chi connectivity index (χ0) is 16.2. The van der Waals surface area contributed by atoms with Crippen molar-refractivity contribution in [3.63, 3.8) is 0 Å². The minimum atomic E-state index is -0.483. The third kappa shape index (κ3) is 3.36. The van der Waals surface area contributed by atoms with E-state index in [1.165, 1.54) is 0 Å². The number of amides is 1. The number of para-hydroxylation sites is 1. The lowest BCUT2D eigenvalue weighted by Gasteiger charge is -2.23. The van der Waals surface area contributed by atoms with Gasteiger partial charge in [-0.1, -0.05) is 25.1 Å². The molecule has 1 aliphatic rings. The number of carbonyl (C=O) groups excluding carboxylic acids is 1. The normalized spacial score (nSPS) is 14.3. The van der Waals surface area contributed by atoms with Gasteiger partial charge in [-0.2, -0.15) is 0 Å². The van der Waals surface area contributed by atoms with Crippen molar-refractivity contribution >= 4 is 5.91 Å². The van der Waals surface area contributed by atoms with Crippen molar-refractivity contribution in [3.05, 3.63) is 42.0 Å². The second kappa shape index (κ2) is 6.81. The van der Waals surface area contributed by atoms with Crippen molar-refractivity contribution in [2.75, 3.05) is 7.05 Å². The number of ether oxygens (including phenoxy) is 1. The monoisotopic (exact) mass is 314 g/mol. The molecule has 6 nitrogen and oxygen atoms in total. The van der Waals surface area contributed by atoms with Crippen molar-refractivity contribution in [3.8, 4) is 5.75 Å². The van der Waals surface area contributed by atoms with E-state index in [9.17, 15) is 4.79 Å². The molecular weight excluding hydrogens is 292 g/mol. The highest BCUT2D eigenvalue weighted by atomic mass is 16.5.